The normalized spacial score (nSPS) is 44.9. The Morgan fingerprint density at radius 2 is 2.00 bits per heavy atom. The van der Waals surface area contributed by atoms with Crippen LogP contribution in [0.3, 0.4) is 0 Å². The second-order valence-electron chi connectivity index (χ2n) is 8.02. The smallest absolute Gasteiger partial charge is 0.222 e. The summed E-state index contributed by atoms with van der Waals surface area (Å²) in [5.41, 5.74) is 0.890. The van der Waals surface area contributed by atoms with Crippen LogP contribution in [0.15, 0.2) is 0 Å². The van der Waals surface area contributed by atoms with Crippen LogP contribution < -0.4 is 5.32 Å². The standard InChI is InChI=1S/C16H28N2O/c1-15(2)11-7-8-16(3,9-11)14(15)17-12-5-6-13(19)18(4)10-12/h11-12,14,17H,5-10H2,1-4H3. The summed E-state index contributed by atoms with van der Waals surface area (Å²) >= 11 is 0. The summed E-state index contributed by atoms with van der Waals surface area (Å²) in [6, 6.07) is 1.11. The molecule has 0 spiro atoms. The molecule has 3 heteroatoms. The first-order chi connectivity index (χ1) is 8.83. The first kappa shape index (κ1) is 13.4. The summed E-state index contributed by atoms with van der Waals surface area (Å²) < 4.78 is 0. The highest BCUT2D eigenvalue weighted by Gasteiger charge is 2.59. The van der Waals surface area contributed by atoms with Crippen LogP contribution in [-0.4, -0.2) is 36.5 Å². The highest BCUT2D eigenvalue weighted by Crippen LogP contribution is 2.62. The van der Waals surface area contributed by atoms with E-state index in [-0.39, 0.29) is 0 Å². The summed E-state index contributed by atoms with van der Waals surface area (Å²) in [6.45, 7) is 8.23. The van der Waals surface area contributed by atoms with E-state index in [0.717, 1.165) is 18.9 Å². The number of likely N-dealkylation sites (N-methyl/N-ethyl adjacent to an activating group) is 1. The molecule has 0 aromatic rings. The Labute approximate surface area is 117 Å². The van der Waals surface area contributed by atoms with Gasteiger partial charge in [-0.2, -0.15) is 0 Å². The zero-order chi connectivity index (χ0) is 13.8. The predicted molar refractivity (Wildman–Crippen MR) is 76.8 cm³/mol. The Morgan fingerprint density at radius 1 is 1.26 bits per heavy atom. The minimum absolute atomic E-state index is 0.302. The highest BCUT2D eigenvalue weighted by atomic mass is 16.2. The molecule has 1 saturated heterocycles. The summed E-state index contributed by atoms with van der Waals surface area (Å²) in [5.74, 6) is 1.19. The maximum Gasteiger partial charge on any atom is 0.222 e. The summed E-state index contributed by atoms with van der Waals surface area (Å²) in [6.07, 6.45) is 5.89. The highest BCUT2D eigenvalue weighted by molar-refractivity contribution is 5.76. The van der Waals surface area contributed by atoms with Crippen molar-refractivity contribution in [2.75, 3.05) is 13.6 Å². The second-order valence-corrected chi connectivity index (χ2v) is 8.02. The molecule has 3 aliphatic rings. The maximum atomic E-state index is 11.6. The third kappa shape index (κ3) is 2.01. The van der Waals surface area contributed by atoms with Crippen molar-refractivity contribution in [1.82, 2.24) is 10.2 Å². The van der Waals surface area contributed by atoms with Crippen molar-refractivity contribution in [3.05, 3.63) is 0 Å². The lowest BCUT2D eigenvalue weighted by molar-refractivity contribution is -0.132. The minimum atomic E-state index is 0.302. The van der Waals surface area contributed by atoms with Crippen LogP contribution in [0.1, 0.15) is 52.9 Å². The number of fused-ring (bicyclic) bond motifs is 2. The Kier molecular flexibility index (Phi) is 2.97. The fraction of sp³-hybridized carbons (Fsp3) is 0.938. The molecule has 19 heavy (non-hydrogen) atoms. The molecule has 3 rings (SSSR count). The van der Waals surface area contributed by atoms with Crippen molar-refractivity contribution in [3.63, 3.8) is 0 Å². The molecule has 3 nitrogen and oxygen atoms in total. The Balaban J connectivity index is 1.71. The number of carbonyl (C=O) groups excluding carboxylic acids is 1. The van der Waals surface area contributed by atoms with E-state index in [1.807, 2.05) is 11.9 Å². The lowest BCUT2D eigenvalue weighted by atomic mass is 9.68. The van der Waals surface area contributed by atoms with E-state index in [9.17, 15) is 4.79 Å². The molecule has 0 radical (unpaired) electrons. The number of carbonyl (C=O) groups is 1. The molecule has 4 unspecified atom stereocenters. The quantitative estimate of drug-likeness (QED) is 0.830. The molecule has 2 saturated carbocycles. The van der Waals surface area contributed by atoms with E-state index in [1.54, 1.807) is 0 Å². The molecule has 3 fully saturated rings. The molecular weight excluding hydrogens is 236 g/mol. The molecule has 108 valence electrons. The predicted octanol–water partition coefficient (Wildman–Crippen LogP) is 2.41. The van der Waals surface area contributed by atoms with Gasteiger partial charge in [-0.05, 0) is 42.4 Å². The minimum Gasteiger partial charge on any atom is -0.344 e. The Morgan fingerprint density at radius 3 is 2.58 bits per heavy atom. The topological polar surface area (TPSA) is 32.3 Å². The van der Waals surface area contributed by atoms with Gasteiger partial charge in [-0.25, -0.2) is 0 Å². The van der Waals surface area contributed by atoms with Gasteiger partial charge in [0.25, 0.3) is 0 Å². The molecule has 1 heterocycles. The molecule has 4 atom stereocenters. The first-order valence-electron chi connectivity index (χ1n) is 7.83. The SMILES string of the molecule is CN1CC(NC2C3(C)CCC(C3)C2(C)C)CCC1=O. The van der Waals surface area contributed by atoms with Crippen molar-refractivity contribution in [2.45, 2.75) is 65.0 Å². The van der Waals surface area contributed by atoms with Crippen LogP contribution in [-0.2, 0) is 4.79 Å². The van der Waals surface area contributed by atoms with E-state index in [0.29, 0.717) is 35.2 Å². The van der Waals surface area contributed by atoms with E-state index in [4.69, 9.17) is 0 Å². The molecule has 2 bridgehead atoms. The molecule has 1 aliphatic heterocycles. The number of amides is 1. The third-order valence-corrected chi connectivity index (χ3v) is 6.30. The van der Waals surface area contributed by atoms with E-state index in [2.05, 4.69) is 26.1 Å². The van der Waals surface area contributed by atoms with Crippen LogP contribution in [0.25, 0.3) is 0 Å². The molecule has 0 aromatic carbocycles. The lowest BCUT2D eigenvalue weighted by Gasteiger charge is -2.46. The van der Waals surface area contributed by atoms with Crippen molar-refractivity contribution in [2.24, 2.45) is 16.7 Å². The van der Waals surface area contributed by atoms with Gasteiger partial charge in [-0.3, -0.25) is 4.79 Å². The van der Waals surface area contributed by atoms with Gasteiger partial charge in [0.1, 0.15) is 0 Å². The second kappa shape index (κ2) is 4.21. The van der Waals surface area contributed by atoms with E-state index >= 15 is 0 Å². The van der Waals surface area contributed by atoms with Crippen LogP contribution in [0.4, 0.5) is 0 Å². The van der Waals surface area contributed by atoms with Crippen LogP contribution in [0.2, 0.25) is 0 Å². The number of hydrogen-bond donors (Lipinski definition) is 1. The van der Waals surface area contributed by atoms with Gasteiger partial charge in [0.2, 0.25) is 5.91 Å². The number of nitrogens with one attached hydrogen (secondary N) is 1. The summed E-state index contributed by atoms with van der Waals surface area (Å²) in [4.78, 5) is 13.5. The average Bonchev–Trinajstić information content (AvgIpc) is 2.80. The summed E-state index contributed by atoms with van der Waals surface area (Å²) in [5, 5.41) is 3.94. The van der Waals surface area contributed by atoms with Gasteiger partial charge < -0.3 is 10.2 Å². The van der Waals surface area contributed by atoms with Crippen LogP contribution in [0.5, 0.6) is 0 Å². The zero-order valence-electron chi connectivity index (χ0n) is 12.8. The number of likely N-dealkylation sites (tertiary alicyclic amines) is 1. The van der Waals surface area contributed by atoms with Crippen LogP contribution in [0, 0.1) is 16.7 Å². The van der Waals surface area contributed by atoms with Crippen molar-refractivity contribution in [3.8, 4) is 0 Å². The fourth-order valence-corrected chi connectivity index (χ4v) is 5.10. The van der Waals surface area contributed by atoms with Gasteiger partial charge in [-0.1, -0.05) is 20.8 Å². The number of hydrogen-bond acceptors (Lipinski definition) is 2. The van der Waals surface area contributed by atoms with E-state index < -0.39 is 0 Å². The van der Waals surface area contributed by atoms with Gasteiger partial charge in [0.15, 0.2) is 0 Å². The fourth-order valence-electron chi connectivity index (χ4n) is 5.10. The molecule has 2 aliphatic carbocycles. The van der Waals surface area contributed by atoms with Crippen molar-refractivity contribution < 1.29 is 4.79 Å². The molecule has 0 aromatic heterocycles. The third-order valence-electron chi connectivity index (χ3n) is 6.30. The average molecular weight is 264 g/mol. The van der Waals surface area contributed by atoms with Crippen molar-refractivity contribution in [1.29, 1.82) is 0 Å². The number of nitrogens with zero attached hydrogens (tertiary/aromatic N) is 1. The zero-order valence-corrected chi connectivity index (χ0v) is 12.8. The number of piperidine rings is 1. The van der Waals surface area contributed by atoms with Gasteiger partial charge in [-0.15, -0.1) is 0 Å². The number of rotatable bonds is 2. The van der Waals surface area contributed by atoms with E-state index in [1.165, 1.54) is 19.3 Å². The Hall–Kier alpha value is -0.570. The first-order valence-corrected chi connectivity index (χ1v) is 7.83. The van der Waals surface area contributed by atoms with Gasteiger partial charge in [0, 0.05) is 32.1 Å². The van der Waals surface area contributed by atoms with Gasteiger partial charge >= 0.3 is 0 Å². The molecule has 1 N–H and O–H groups in total. The molecular formula is C16H28N2O. The van der Waals surface area contributed by atoms with Crippen molar-refractivity contribution >= 4 is 5.91 Å². The summed E-state index contributed by atoms with van der Waals surface area (Å²) in [7, 11) is 1.93. The maximum absolute atomic E-state index is 11.6. The Bertz CT molecular complexity index is 387. The van der Waals surface area contributed by atoms with Crippen LogP contribution >= 0.6 is 0 Å². The molecule has 1 amide bonds. The largest absolute Gasteiger partial charge is 0.344 e. The lowest BCUT2D eigenvalue weighted by Crippen LogP contribution is -2.57. The monoisotopic (exact) mass is 264 g/mol. The van der Waals surface area contributed by atoms with Gasteiger partial charge in [0.05, 0.1) is 0 Å².